The van der Waals surface area contributed by atoms with E-state index >= 15 is 0 Å². The van der Waals surface area contributed by atoms with Crippen LogP contribution in [0, 0.1) is 34.4 Å². The number of piperidine rings is 1. The lowest BCUT2D eigenvalue weighted by atomic mass is 9.92. The molecule has 35 heavy (non-hydrogen) atoms. The molecular formula is C25H20F4N6. The number of alkyl halides is 3. The highest BCUT2D eigenvalue weighted by atomic mass is 19.4. The number of rotatable bonds is 4. The van der Waals surface area contributed by atoms with Gasteiger partial charge in [-0.25, -0.2) is 14.4 Å². The minimum Gasteiger partial charge on any atom is -0.383 e. The van der Waals surface area contributed by atoms with Crippen molar-refractivity contribution >= 4 is 11.6 Å². The van der Waals surface area contributed by atoms with Crippen LogP contribution in [0.25, 0.3) is 11.3 Å². The highest BCUT2D eigenvalue weighted by Gasteiger charge is 2.37. The molecule has 0 spiro atoms. The quantitative estimate of drug-likeness (QED) is 0.522. The number of nitrogen functional groups attached to an aromatic ring is 1. The number of anilines is 2. The first kappa shape index (κ1) is 24.0. The molecule has 1 fully saturated rings. The van der Waals surface area contributed by atoms with Gasteiger partial charge in [-0.05, 0) is 67.6 Å². The molecular weight excluding hydrogens is 460 g/mol. The third-order valence-corrected chi connectivity index (χ3v) is 5.98. The van der Waals surface area contributed by atoms with Crippen LogP contribution in [0.4, 0.5) is 29.2 Å². The normalized spacial score (nSPS) is 15.9. The summed E-state index contributed by atoms with van der Waals surface area (Å²) in [6, 6.07) is 12.8. The first-order valence-corrected chi connectivity index (χ1v) is 10.9. The molecule has 1 aromatic carbocycles. The Balaban J connectivity index is 1.70. The first-order valence-electron chi connectivity index (χ1n) is 10.9. The summed E-state index contributed by atoms with van der Waals surface area (Å²) in [5.74, 6) is -0.401. The molecule has 1 saturated heterocycles. The molecule has 6 nitrogen and oxygen atoms in total. The van der Waals surface area contributed by atoms with Gasteiger partial charge in [0.1, 0.15) is 35.2 Å². The van der Waals surface area contributed by atoms with Crippen LogP contribution in [0.5, 0.6) is 0 Å². The van der Waals surface area contributed by atoms with E-state index in [0.29, 0.717) is 37.2 Å². The Morgan fingerprint density at radius 1 is 1.06 bits per heavy atom. The van der Waals surface area contributed by atoms with Crippen LogP contribution in [0.3, 0.4) is 0 Å². The van der Waals surface area contributed by atoms with Gasteiger partial charge in [0, 0.05) is 24.3 Å². The fourth-order valence-corrected chi connectivity index (χ4v) is 4.31. The minimum atomic E-state index is -4.77. The molecule has 1 atom stereocenters. The molecule has 0 amide bonds. The lowest BCUT2D eigenvalue weighted by molar-refractivity contribution is -0.137. The fourth-order valence-electron chi connectivity index (χ4n) is 4.31. The zero-order chi connectivity index (χ0) is 25.2. The van der Waals surface area contributed by atoms with Crippen molar-refractivity contribution in [3.8, 4) is 23.4 Å². The molecule has 4 rings (SSSR count). The molecule has 1 aliphatic rings. The largest absolute Gasteiger partial charge is 0.417 e. The van der Waals surface area contributed by atoms with Crippen LogP contribution in [0.1, 0.15) is 35.2 Å². The molecule has 0 saturated carbocycles. The second-order valence-electron chi connectivity index (χ2n) is 8.38. The Morgan fingerprint density at radius 3 is 2.43 bits per heavy atom. The predicted octanol–water partition coefficient (Wildman–Crippen LogP) is 5.09. The smallest absolute Gasteiger partial charge is 0.383 e. The summed E-state index contributed by atoms with van der Waals surface area (Å²) < 4.78 is 55.1. The summed E-state index contributed by atoms with van der Waals surface area (Å²) in [5, 5.41) is 18.7. The molecule has 3 heterocycles. The van der Waals surface area contributed by atoms with Crippen LogP contribution in [-0.4, -0.2) is 23.1 Å². The summed E-state index contributed by atoms with van der Waals surface area (Å²) in [7, 11) is 0. The molecule has 2 N–H and O–H groups in total. The Labute approximate surface area is 199 Å². The summed E-state index contributed by atoms with van der Waals surface area (Å²) in [4.78, 5) is 10.4. The van der Waals surface area contributed by atoms with Gasteiger partial charge in [-0.1, -0.05) is 0 Å². The third kappa shape index (κ3) is 5.17. The molecule has 1 unspecified atom stereocenters. The molecule has 178 valence electrons. The molecule has 1 aliphatic heterocycles. The average molecular weight is 480 g/mol. The maximum atomic E-state index is 13.9. The topological polar surface area (TPSA) is 103 Å². The monoisotopic (exact) mass is 480 g/mol. The number of aromatic nitrogens is 2. The highest BCUT2D eigenvalue weighted by Crippen LogP contribution is 2.39. The number of pyridine rings is 2. The van der Waals surface area contributed by atoms with Crippen molar-refractivity contribution in [2.24, 2.45) is 5.92 Å². The van der Waals surface area contributed by atoms with Crippen molar-refractivity contribution in [1.29, 1.82) is 10.5 Å². The Bertz CT molecular complexity index is 1320. The van der Waals surface area contributed by atoms with Gasteiger partial charge in [-0.3, -0.25) is 0 Å². The van der Waals surface area contributed by atoms with Crippen LogP contribution in [0.2, 0.25) is 0 Å². The van der Waals surface area contributed by atoms with Crippen molar-refractivity contribution < 1.29 is 17.6 Å². The molecule has 0 radical (unpaired) electrons. The van der Waals surface area contributed by atoms with E-state index in [4.69, 9.17) is 11.0 Å². The van der Waals surface area contributed by atoms with Crippen molar-refractivity contribution in [2.45, 2.75) is 25.4 Å². The molecule has 0 bridgehead atoms. The Kier molecular flexibility index (Phi) is 6.57. The summed E-state index contributed by atoms with van der Waals surface area (Å²) in [6.07, 6.45) is -2.76. The Hall–Kier alpha value is -4.18. The van der Waals surface area contributed by atoms with Crippen LogP contribution in [-0.2, 0) is 12.6 Å². The molecule has 10 heteroatoms. The van der Waals surface area contributed by atoms with E-state index in [9.17, 15) is 22.8 Å². The van der Waals surface area contributed by atoms with E-state index in [1.807, 2.05) is 6.07 Å². The van der Waals surface area contributed by atoms with Gasteiger partial charge >= 0.3 is 6.18 Å². The zero-order valence-electron chi connectivity index (χ0n) is 18.5. The number of nitrogens with zero attached hydrogens (tertiary/aromatic N) is 5. The number of hydrogen-bond acceptors (Lipinski definition) is 6. The summed E-state index contributed by atoms with van der Waals surface area (Å²) in [6.45, 7) is 0.804. The first-order chi connectivity index (χ1) is 16.7. The lowest BCUT2D eigenvalue weighted by Gasteiger charge is -2.34. The summed E-state index contributed by atoms with van der Waals surface area (Å²) >= 11 is 0. The Morgan fingerprint density at radius 2 is 1.80 bits per heavy atom. The van der Waals surface area contributed by atoms with Crippen LogP contribution >= 0.6 is 0 Å². The maximum absolute atomic E-state index is 13.9. The van der Waals surface area contributed by atoms with E-state index in [2.05, 4.69) is 9.97 Å². The van der Waals surface area contributed by atoms with Crippen molar-refractivity contribution in [2.75, 3.05) is 23.7 Å². The van der Waals surface area contributed by atoms with Gasteiger partial charge in [0.2, 0.25) is 0 Å². The second kappa shape index (κ2) is 9.59. The van der Waals surface area contributed by atoms with Gasteiger partial charge in [-0.15, -0.1) is 0 Å². The number of nitrogens with two attached hydrogens (primary N) is 1. The predicted molar refractivity (Wildman–Crippen MR) is 121 cm³/mol. The van der Waals surface area contributed by atoms with Crippen molar-refractivity contribution in [1.82, 2.24) is 9.97 Å². The van der Waals surface area contributed by atoms with E-state index < -0.39 is 23.1 Å². The van der Waals surface area contributed by atoms with Gasteiger partial charge in [0.05, 0.1) is 16.8 Å². The number of hydrogen-bond donors (Lipinski definition) is 1. The van der Waals surface area contributed by atoms with Gasteiger partial charge in [0.25, 0.3) is 0 Å². The standard InChI is InChI=1S/C25H20F4N6/c26-18-6-3-16(4-7-18)22-11-21(25(27,28)29)20(13-31)24(34-22)35-9-1-2-15(14-35)10-19-8-5-17(12-30)23(32)33-19/h3-8,11,15H,1-2,9-10,14H2,(H2,32,33). The maximum Gasteiger partial charge on any atom is 0.417 e. The average Bonchev–Trinajstić information content (AvgIpc) is 2.83. The number of halogens is 4. The highest BCUT2D eigenvalue weighted by molar-refractivity contribution is 5.68. The van der Waals surface area contributed by atoms with E-state index in [1.165, 1.54) is 12.1 Å². The number of benzene rings is 1. The molecule has 0 aliphatic carbocycles. The third-order valence-electron chi connectivity index (χ3n) is 5.98. The van der Waals surface area contributed by atoms with Gasteiger partial charge in [0.15, 0.2) is 0 Å². The number of nitriles is 2. The van der Waals surface area contributed by atoms with Crippen LogP contribution in [0.15, 0.2) is 42.5 Å². The van der Waals surface area contributed by atoms with Crippen molar-refractivity contribution in [3.63, 3.8) is 0 Å². The van der Waals surface area contributed by atoms with Gasteiger partial charge in [-0.2, -0.15) is 23.7 Å². The summed E-state index contributed by atoms with van der Waals surface area (Å²) in [5.41, 5.74) is 5.48. The SMILES string of the molecule is N#Cc1ccc(CC2CCCN(c3nc(-c4ccc(F)cc4)cc(C(F)(F)F)c3C#N)C2)nc1N. The van der Waals surface area contributed by atoms with E-state index in [0.717, 1.165) is 24.6 Å². The van der Waals surface area contributed by atoms with Gasteiger partial charge < -0.3 is 10.6 Å². The van der Waals surface area contributed by atoms with Crippen molar-refractivity contribution in [3.05, 3.63) is 70.7 Å². The van der Waals surface area contributed by atoms with Crippen LogP contribution < -0.4 is 10.6 Å². The minimum absolute atomic E-state index is 0.00924. The zero-order valence-corrected chi connectivity index (χ0v) is 18.5. The van der Waals surface area contributed by atoms with E-state index in [1.54, 1.807) is 23.1 Å². The second-order valence-corrected chi connectivity index (χ2v) is 8.38. The lowest BCUT2D eigenvalue weighted by Crippen LogP contribution is -2.37. The molecule has 2 aromatic heterocycles. The molecule has 3 aromatic rings. The fraction of sp³-hybridized carbons (Fsp3) is 0.280. The van der Waals surface area contributed by atoms with E-state index in [-0.39, 0.29) is 28.8 Å².